The summed E-state index contributed by atoms with van der Waals surface area (Å²) in [7, 11) is 0. The molecule has 0 bridgehead atoms. The van der Waals surface area contributed by atoms with Crippen LogP contribution in [0.5, 0.6) is 0 Å². The van der Waals surface area contributed by atoms with Gasteiger partial charge in [-0.2, -0.15) is 4.98 Å². The molecule has 7 nitrogen and oxygen atoms in total. The molecule has 1 N–H and O–H groups in total. The molecule has 36 heavy (non-hydrogen) atoms. The van der Waals surface area contributed by atoms with Crippen LogP contribution in [0.4, 0.5) is 10.1 Å². The minimum absolute atomic E-state index is 0.0304. The molecule has 0 saturated heterocycles. The number of aryl methyl sites for hydroxylation is 2. The summed E-state index contributed by atoms with van der Waals surface area (Å²) in [6.07, 6.45) is 3.23. The third-order valence-corrected chi connectivity index (χ3v) is 6.16. The van der Waals surface area contributed by atoms with Gasteiger partial charge in [0.25, 0.3) is 11.5 Å². The minimum Gasteiger partial charge on any atom is -0.319 e. The second kappa shape index (κ2) is 9.73. The van der Waals surface area contributed by atoms with Crippen molar-refractivity contribution in [2.75, 3.05) is 5.32 Å². The summed E-state index contributed by atoms with van der Waals surface area (Å²) in [5, 5.41) is 7.18. The Hall–Kier alpha value is -4.33. The van der Waals surface area contributed by atoms with Gasteiger partial charge in [-0.3, -0.25) is 14.2 Å². The number of unbranched alkanes of at least 4 members (excludes halogenated alkanes) is 1. The Morgan fingerprint density at radius 1 is 1.00 bits per heavy atom. The molecule has 0 spiro atoms. The van der Waals surface area contributed by atoms with E-state index in [0.717, 1.165) is 24.8 Å². The first kappa shape index (κ1) is 23.4. The number of carbonyl (C=O) groups is 1. The lowest BCUT2D eigenvalue weighted by Gasteiger charge is -2.12. The maximum atomic E-state index is 13.8. The molecule has 0 atom stereocenters. The zero-order valence-electron chi connectivity index (χ0n) is 20.2. The van der Waals surface area contributed by atoms with Gasteiger partial charge in [0.15, 0.2) is 0 Å². The number of nitrogens with zero attached hydrogens (tertiary/aromatic N) is 4. The molecule has 2 aromatic heterocycles. The summed E-state index contributed by atoms with van der Waals surface area (Å²) < 4.78 is 16.7. The largest absolute Gasteiger partial charge is 0.319 e. The number of fused-ring (bicyclic) bond motifs is 3. The molecule has 8 heteroatoms. The van der Waals surface area contributed by atoms with Crippen molar-refractivity contribution in [1.29, 1.82) is 0 Å². The van der Waals surface area contributed by atoms with Crippen LogP contribution in [0.15, 0.2) is 71.5 Å². The Bertz CT molecular complexity index is 1640. The number of carbonyl (C=O) groups excluding carboxylic acids is 1. The van der Waals surface area contributed by atoms with E-state index < -0.39 is 11.5 Å². The average Bonchev–Trinajstić information content (AvgIpc) is 3.32. The Morgan fingerprint density at radius 2 is 1.81 bits per heavy atom. The first-order valence-electron chi connectivity index (χ1n) is 12.0. The summed E-state index contributed by atoms with van der Waals surface area (Å²) in [5.74, 6) is -0.981. The van der Waals surface area contributed by atoms with E-state index in [1.54, 1.807) is 12.1 Å². The highest BCUT2D eigenvalue weighted by Crippen LogP contribution is 2.18. The molecular weight excluding hydrogens is 457 g/mol. The highest BCUT2D eigenvalue weighted by Gasteiger charge is 2.19. The van der Waals surface area contributed by atoms with Crippen LogP contribution in [0.1, 0.15) is 47.1 Å². The molecule has 0 saturated carbocycles. The van der Waals surface area contributed by atoms with Gasteiger partial charge in [-0.15, -0.1) is 5.10 Å². The van der Waals surface area contributed by atoms with Crippen molar-refractivity contribution in [3.63, 3.8) is 0 Å². The van der Waals surface area contributed by atoms with Crippen LogP contribution in [0.25, 0.3) is 16.7 Å². The van der Waals surface area contributed by atoms with Crippen molar-refractivity contribution in [1.82, 2.24) is 19.2 Å². The number of benzene rings is 3. The summed E-state index contributed by atoms with van der Waals surface area (Å²) in [5.41, 5.74) is 4.30. The van der Waals surface area contributed by atoms with Crippen LogP contribution in [0.2, 0.25) is 0 Å². The van der Waals surface area contributed by atoms with E-state index >= 15 is 0 Å². The fraction of sp³-hybridized carbons (Fsp3) is 0.214. The molecule has 0 radical (unpaired) electrons. The van der Waals surface area contributed by atoms with E-state index in [4.69, 9.17) is 0 Å². The van der Waals surface area contributed by atoms with Crippen molar-refractivity contribution in [2.24, 2.45) is 0 Å². The SMILES string of the molecule is CCCCc1ccc(NC(=O)c2nc3c(=O)n(Cc4cccc(F)c4)c4cc(C)ccc4n3n2)cc1. The van der Waals surface area contributed by atoms with E-state index in [2.05, 4.69) is 22.3 Å². The quantitative estimate of drug-likeness (QED) is 0.348. The van der Waals surface area contributed by atoms with Crippen LogP contribution in [0, 0.1) is 12.7 Å². The number of hydrogen-bond donors (Lipinski definition) is 1. The Kier molecular flexibility index (Phi) is 6.33. The van der Waals surface area contributed by atoms with Crippen molar-refractivity contribution in [3.05, 3.63) is 105 Å². The molecule has 0 fully saturated rings. The fourth-order valence-corrected chi connectivity index (χ4v) is 4.27. The number of hydrogen-bond acceptors (Lipinski definition) is 4. The summed E-state index contributed by atoms with van der Waals surface area (Å²) >= 11 is 0. The van der Waals surface area contributed by atoms with Gasteiger partial charge in [-0.1, -0.05) is 43.7 Å². The van der Waals surface area contributed by atoms with Gasteiger partial charge in [0.1, 0.15) is 5.82 Å². The number of halogens is 1. The second-order valence-corrected chi connectivity index (χ2v) is 8.94. The van der Waals surface area contributed by atoms with Crippen molar-refractivity contribution >= 4 is 28.3 Å². The molecule has 2 heterocycles. The first-order valence-corrected chi connectivity index (χ1v) is 12.0. The van der Waals surface area contributed by atoms with Crippen molar-refractivity contribution < 1.29 is 9.18 Å². The number of nitrogens with one attached hydrogen (secondary N) is 1. The van der Waals surface area contributed by atoms with Crippen LogP contribution >= 0.6 is 0 Å². The van der Waals surface area contributed by atoms with Gasteiger partial charge in [0.2, 0.25) is 11.5 Å². The number of anilines is 1. The number of rotatable bonds is 7. The summed E-state index contributed by atoms with van der Waals surface area (Å²) in [6.45, 7) is 4.23. The van der Waals surface area contributed by atoms with E-state index in [1.807, 2.05) is 49.4 Å². The highest BCUT2D eigenvalue weighted by molar-refractivity contribution is 6.02. The van der Waals surface area contributed by atoms with Crippen molar-refractivity contribution in [2.45, 2.75) is 39.7 Å². The molecule has 182 valence electrons. The molecule has 0 unspecified atom stereocenters. The molecule has 0 aliphatic rings. The summed E-state index contributed by atoms with van der Waals surface area (Å²) in [6, 6.07) is 19.4. The zero-order valence-corrected chi connectivity index (χ0v) is 20.2. The predicted molar refractivity (Wildman–Crippen MR) is 138 cm³/mol. The summed E-state index contributed by atoms with van der Waals surface area (Å²) in [4.78, 5) is 30.7. The maximum absolute atomic E-state index is 13.8. The monoisotopic (exact) mass is 483 g/mol. The standard InChI is InChI=1S/C28H26FN5O2/c1-3-4-6-19-10-12-22(13-11-19)30-27(35)25-31-26-28(36)33(17-20-7-5-8-21(29)16-20)24-15-18(2)9-14-23(24)34(26)32-25/h5,7-16H,3-4,6,17H2,1-2H3,(H,30,35). The van der Waals surface area contributed by atoms with Gasteiger partial charge in [-0.05, 0) is 72.9 Å². The Morgan fingerprint density at radius 3 is 2.56 bits per heavy atom. The smallest absolute Gasteiger partial charge is 0.296 e. The molecule has 5 rings (SSSR count). The van der Waals surface area contributed by atoms with Gasteiger partial charge in [0, 0.05) is 5.69 Å². The third-order valence-electron chi connectivity index (χ3n) is 6.16. The lowest BCUT2D eigenvalue weighted by Crippen LogP contribution is -2.24. The van der Waals surface area contributed by atoms with Gasteiger partial charge < -0.3 is 5.32 Å². The highest BCUT2D eigenvalue weighted by atomic mass is 19.1. The second-order valence-electron chi connectivity index (χ2n) is 8.94. The normalized spacial score (nSPS) is 11.3. The first-order chi connectivity index (χ1) is 17.4. The van der Waals surface area contributed by atoms with E-state index in [0.29, 0.717) is 22.3 Å². The lowest BCUT2D eigenvalue weighted by atomic mass is 10.1. The van der Waals surface area contributed by atoms with E-state index in [9.17, 15) is 14.0 Å². The van der Waals surface area contributed by atoms with Crippen molar-refractivity contribution in [3.8, 4) is 0 Å². The number of amides is 1. The van der Waals surface area contributed by atoms with E-state index in [-0.39, 0.29) is 23.8 Å². The van der Waals surface area contributed by atoms with Crippen LogP contribution in [-0.4, -0.2) is 25.1 Å². The van der Waals surface area contributed by atoms with Crippen LogP contribution in [0.3, 0.4) is 0 Å². The Labute approximate surface area is 207 Å². The maximum Gasteiger partial charge on any atom is 0.296 e. The van der Waals surface area contributed by atoms with Crippen LogP contribution in [-0.2, 0) is 13.0 Å². The molecule has 0 aliphatic heterocycles. The third kappa shape index (κ3) is 4.62. The number of aromatic nitrogens is 4. The molecule has 5 aromatic rings. The van der Waals surface area contributed by atoms with Crippen LogP contribution < -0.4 is 10.9 Å². The zero-order chi connectivity index (χ0) is 25.2. The topological polar surface area (TPSA) is 81.3 Å². The average molecular weight is 484 g/mol. The minimum atomic E-state index is -0.503. The van der Waals surface area contributed by atoms with Gasteiger partial charge >= 0.3 is 0 Å². The fourth-order valence-electron chi connectivity index (χ4n) is 4.27. The molecular formula is C28H26FN5O2. The molecule has 1 amide bonds. The van der Waals surface area contributed by atoms with Gasteiger partial charge in [0.05, 0.1) is 17.6 Å². The molecule has 3 aromatic carbocycles. The molecule has 0 aliphatic carbocycles. The van der Waals surface area contributed by atoms with Gasteiger partial charge in [-0.25, -0.2) is 8.91 Å². The Balaban J connectivity index is 1.53. The predicted octanol–water partition coefficient (Wildman–Crippen LogP) is 5.13. The van der Waals surface area contributed by atoms with E-state index in [1.165, 1.54) is 26.8 Å². The lowest BCUT2D eigenvalue weighted by molar-refractivity contribution is 0.101.